The summed E-state index contributed by atoms with van der Waals surface area (Å²) < 4.78 is 0. The number of hydrogen-bond donors (Lipinski definition) is 0. The number of hydrogen-bond acceptors (Lipinski definition) is 1. The second-order valence-electron chi connectivity index (χ2n) is 6.12. The van der Waals surface area contributed by atoms with E-state index in [4.69, 9.17) is 0 Å². The van der Waals surface area contributed by atoms with Gasteiger partial charge < -0.3 is 0 Å². The molecule has 0 spiro atoms. The van der Waals surface area contributed by atoms with Gasteiger partial charge in [0.25, 0.3) is 0 Å². The molecule has 0 atom stereocenters. The standard InChI is InChI=1S/C17H24O/c1-17(2,15-11-7-4-8-12-15)16(18)13-14-9-5-3-6-10-14/h4,7-8,11-12,14H,3,5-6,9-10,13H2,1-2H3. The Bertz CT molecular complexity index is 385. The smallest absolute Gasteiger partial charge is 0.143 e. The van der Waals surface area contributed by atoms with E-state index >= 15 is 0 Å². The van der Waals surface area contributed by atoms with Crippen LogP contribution in [0.3, 0.4) is 0 Å². The number of rotatable bonds is 4. The van der Waals surface area contributed by atoms with Gasteiger partial charge in [-0.15, -0.1) is 0 Å². The van der Waals surface area contributed by atoms with Gasteiger partial charge in [0, 0.05) is 11.8 Å². The average molecular weight is 244 g/mol. The molecule has 1 aromatic rings. The Kier molecular flexibility index (Phi) is 4.21. The zero-order valence-electron chi connectivity index (χ0n) is 11.6. The molecule has 98 valence electrons. The zero-order valence-corrected chi connectivity index (χ0v) is 11.6. The van der Waals surface area contributed by atoms with E-state index in [1.165, 1.54) is 32.1 Å². The minimum atomic E-state index is -0.335. The van der Waals surface area contributed by atoms with Crippen LogP contribution in [0.4, 0.5) is 0 Å². The molecule has 1 saturated carbocycles. The molecule has 0 aliphatic heterocycles. The fraction of sp³-hybridized carbons (Fsp3) is 0.588. The van der Waals surface area contributed by atoms with Crippen molar-refractivity contribution >= 4 is 5.78 Å². The Labute approximate surface area is 111 Å². The average Bonchev–Trinajstić information content (AvgIpc) is 2.41. The van der Waals surface area contributed by atoms with Crippen molar-refractivity contribution in [1.29, 1.82) is 0 Å². The summed E-state index contributed by atoms with van der Waals surface area (Å²) in [4.78, 5) is 12.5. The van der Waals surface area contributed by atoms with Crippen molar-refractivity contribution in [3.63, 3.8) is 0 Å². The number of ketones is 1. The maximum atomic E-state index is 12.5. The molecular weight excluding hydrogens is 220 g/mol. The summed E-state index contributed by atoms with van der Waals surface area (Å²) in [5.41, 5.74) is 0.810. The molecule has 0 aromatic heterocycles. The molecule has 0 heterocycles. The molecule has 1 aliphatic carbocycles. The lowest BCUT2D eigenvalue weighted by atomic mass is 9.75. The number of Topliss-reactive ketones (excluding diaryl/α,β-unsaturated/α-hetero) is 1. The molecule has 1 aliphatic rings. The van der Waals surface area contributed by atoms with Crippen molar-refractivity contribution in [2.24, 2.45) is 5.92 Å². The summed E-state index contributed by atoms with van der Waals surface area (Å²) in [6.45, 7) is 4.13. The van der Waals surface area contributed by atoms with Crippen LogP contribution in [0.1, 0.15) is 57.9 Å². The maximum absolute atomic E-state index is 12.5. The third-order valence-electron chi connectivity index (χ3n) is 4.39. The highest BCUT2D eigenvalue weighted by Crippen LogP contribution is 2.32. The minimum Gasteiger partial charge on any atom is -0.299 e. The van der Waals surface area contributed by atoms with Crippen LogP contribution >= 0.6 is 0 Å². The Morgan fingerprint density at radius 1 is 1.11 bits per heavy atom. The summed E-state index contributed by atoms with van der Waals surface area (Å²) in [6, 6.07) is 10.2. The fourth-order valence-electron chi connectivity index (χ4n) is 2.92. The van der Waals surface area contributed by atoms with Crippen LogP contribution in [-0.4, -0.2) is 5.78 Å². The Balaban J connectivity index is 2.03. The highest BCUT2D eigenvalue weighted by Gasteiger charge is 2.31. The SMILES string of the molecule is CC(C)(C(=O)CC1CCCCC1)c1ccccc1. The molecule has 0 amide bonds. The first-order valence-corrected chi connectivity index (χ1v) is 7.19. The van der Waals surface area contributed by atoms with Gasteiger partial charge in [-0.2, -0.15) is 0 Å². The molecule has 0 radical (unpaired) electrons. The van der Waals surface area contributed by atoms with Gasteiger partial charge in [-0.3, -0.25) is 4.79 Å². The molecular formula is C17H24O. The first kappa shape index (κ1) is 13.3. The van der Waals surface area contributed by atoms with Crippen LogP contribution < -0.4 is 0 Å². The molecule has 0 bridgehead atoms. The first-order valence-electron chi connectivity index (χ1n) is 7.19. The summed E-state index contributed by atoms with van der Waals surface area (Å²) in [5, 5.41) is 0. The molecule has 1 fully saturated rings. The minimum absolute atomic E-state index is 0.335. The summed E-state index contributed by atoms with van der Waals surface area (Å²) in [6.07, 6.45) is 7.23. The van der Waals surface area contributed by atoms with Crippen molar-refractivity contribution in [2.75, 3.05) is 0 Å². The van der Waals surface area contributed by atoms with E-state index in [0.29, 0.717) is 11.7 Å². The molecule has 0 saturated heterocycles. The number of carbonyl (C=O) groups is 1. The Morgan fingerprint density at radius 2 is 1.72 bits per heavy atom. The van der Waals surface area contributed by atoms with E-state index < -0.39 is 0 Å². The molecule has 0 N–H and O–H groups in total. The van der Waals surface area contributed by atoms with Crippen molar-refractivity contribution < 1.29 is 4.79 Å². The van der Waals surface area contributed by atoms with Crippen molar-refractivity contribution in [3.05, 3.63) is 35.9 Å². The third kappa shape index (κ3) is 3.01. The molecule has 0 unspecified atom stereocenters. The number of benzene rings is 1. The monoisotopic (exact) mass is 244 g/mol. The van der Waals surface area contributed by atoms with Crippen LogP contribution in [0.25, 0.3) is 0 Å². The van der Waals surface area contributed by atoms with Crippen LogP contribution in [0, 0.1) is 5.92 Å². The highest BCUT2D eigenvalue weighted by molar-refractivity contribution is 5.89. The lowest BCUT2D eigenvalue weighted by molar-refractivity contribution is -0.124. The van der Waals surface area contributed by atoms with Gasteiger partial charge in [-0.1, -0.05) is 62.4 Å². The predicted molar refractivity (Wildman–Crippen MR) is 75.7 cm³/mol. The Morgan fingerprint density at radius 3 is 2.33 bits per heavy atom. The van der Waals surface area contributed by atoms with Gasteiger partial charge >= 0.3 is 0 Å². The quantitative estimate of drug-likeness (QED) is 0.762. The van der Waals surface area contributed by atoms with Crippen molar-refractivity contribution in [2.45, 2.75) is 57.8 Å². The predicted octanol–water partition coefficient (Wildman–Crippen LogP) is 4.50. The Hall–Kier alpha value is -1.11. The van der Waals surface area contributed by atoms with Gasteiger partial charge in [-0.05, 0) is 25.3 Å². The second-order valence-corrected chi connectivity index (χ2v) is 6.12. The summed E-state index contributed by atoms with van der Waals surface area (Å²) >= 11 is 0. The molecule has 1 heteroatoms. The lowest BCUT2D eigenvalue weighted by Crippen LogP contribution is -2.31. The fourth-order valence-corrected chi connectivity index (χ4v) is 2.92. The molecule has 18 heavy (non-hydrogen) atoms. The zero-order chi connectivity index (χ0) is 13.0. The molecule has 1 aromatic carbocycles. The van der Waals surface area contributed by atoms with Gasteiger partial charge in [0.05, 0.1) is 0 Å². The van der Waals surface area contributed by atoms with Crippen LogP contribution in [0.5, 0.6) is 0 Å². The van der Waals surface area contributed by atoms with Gasteiger partial charge in [0.15, 0.2) is 0 Å². The van der Waals surface area contributed by atoms with E-state index in [2.05, 4.69) is 26.0 Å². The van der Waals surface area contributed by atoms with Crippen molar-refractivity contribution in [1.82, 2.24) is 0 Å². The first-order chi connectivity index (χ1) is 8.60. The van der Waals surface area contributed by atoms with Crippen molar-refractivity contribution in [3.8, 4) is 0 Å². The van der Waals surface area contributed by atoms with E-state index in [9.17, 15) is 4.79 Å². The van der Waals surface area contributed by atoms with Gasteiger partial charge in [0.2, 0.25) is 0 Å². The van der Waals surface area contributed by atoms with Crippen LogP contribution in [0.2, 0.25) is 0 Å². The second kappa shape index (κ2) is 5.69. The molecule has 1 nitrogen and oxygen atoms in total. The lowest BCUT2D eigenvalue weighted by Gasteiger charge is -2.28. The normalized spacial score (nSPS) is 17.7. The van der Waals surface area contributed by atoms with Crippen LogP contribution in [-0.2, 0) is 10.2 Å². The topological polar surface area (TPSA) is 17.1 Å². The van der Waals surface area contributed by atoms with Crippen LogP contribution in [0.15, 0.2) is 30.3 Å². The van der Waals surface area contributed by atoms with Gasteiger partial charge in [0.1, 0.15) is 5.78 Å². The van der Waals surface area contributed by atoms with Gasteiger partial charge in [-0.25, -0.2) is 0 Å². The highest BCUT2D eigenvalue weighted by atomic mass is 16.1. The maximum Gasteiger partial charge on any atom is 0.143 e. The summed E-state index contributed by atoms with van der Waals surface area (Å²) in [7, 11) is 0. The van der Waals surface area contributed by atoms with E-state index in [1.54, 1.807) is 0 Å². The largest absolute Gasteiger partial charge is 0.299 e. The van der Waals surface area contributed by atoms with E-state index in [0.717, 1.165) is 12.0 Å². The third-order valence-corrected chi connectivity index (χ3v) is 4.39. The van der Waals surface area contributed by atoms with E-state index in [-0.39, 0.29) is 5.41 Å². The van der Waals surface area contributed by atoms with E-state index in [1.807, 2.05) is 18.2 Å². The summed E-state index contributed by atoms with van der Waals surface area (Å²) in [5.74, 6) is 1.04. The number of carbonyl (C=O) groups excluding carboxylic acids is 1. The molecule has 2 rings (SSSR count).